The molecule has 0 radical (unpaired) electrons. The van der Waals surface area contributed by atoms with Gasteiger partial charge in [-0.1, -0.05) is 0 Å². The Bertz CT molecular complexity index is 862. The summed E-state index contributed by atoms with van der Waals surface area (Å²) in [5, 5.41) is 4.19. The molecule has 0 aliphatic rings. The number of primary amides is 2. The van der Waals surface area contributed by atoms with E-state index in [1.54, 1.807) is 33.8 Å². The van der Waals surface area contributed by atoms with Gasteiger partial charge in [0.2, 0.25) is 11.8 Å². The second-order valence-electron chi connectivity index (χ2n) is 6.55. The average Bonchev–Trinajstić information content (AvgIpc) is 2.86. The number of benzene rings is 1. The molecule has 1 aromatic heterocycles. The quantitative estimate of drug-likeness (QED) is 0.877. The third-order valence-corrected chi connectivity index (χ3v) is 3.30. The first-order valence-electron chi connectivity index (χ1n) is 7.53. The molecular weight excluding hydrogens is 324 g/mol. The van der Waals surface area contributed by atoms with Crippen molar-refractivity contribution in [3.05, 3.63) is 41.1 Å². The third-order valence-electron chi connectivity index (χ3n) is 3.30. The Kier molecular flexibility index (Phi) is 4.64. The lowest BCUT2D eigenvalue weighted by molar-refractivity contribution is 0.0511. The van der Waals surface area contributed by atoms with Gasteiger partial charge in [-0.05, 0) is 52.0 Å². The molecule has 1 aromatic carbocycles. The minimum Gasteiger partial charge on any atom is -0.442 e. The van der Waals surface area contributed by atoms with Crippen LogP contribution in [0.15, 0.2) is 24.3 Å². The molecule has 0 aliphatic heterocycles. The second kappa shape index (κ2) is 6.39. The van der Waals surface area contributed by atoms with E-state index >= 15 is 0 Å². The van der Waals surface area contributed by atoms with E-state index in [2.05, 4.69) is 5.10 Å². The van der Waals surface area contributed by atoms with Gasteiger partial charge in [0.25, 0.3) is 0 Å². The molecule has 8 nitrogen and oxygen atoms in total. The summed E-state index contributed by atoms with van der Waals surface area (Å²) in [5.41, 5.74) is 11.5. The lowest BCUT2D eigenvalue weighted by Gasteiger charge is -2.19. The van der Waals surface area contributed by atoms with Crippen molar-refractivity contribution >= 4 is 17.9 Å². The molecule has 0 saturated carbocycles. The van der Waals surface area contributed by atoms with Gasteiger partial charge < -0.3 is 16.2 Å². The van der Waals surface area contributed by atoms with Crippen LogP contribution in [0.4, 0.5) is 4.79 Å². The number of hydrogen-bond donors (Lipinski definition) is 2. The Morgan fingerprint density at radius 2 is 1.72 bits per heavy atom. The highest BCUT2D eigenvalue weighted by Crippen LogP contribution is 2.25. The molecule has 132 valence electrons. The van der Waals surface area contributed by atoms with Crippen LogP contribution in [0, 0.1) is 6.92 Å². The van der Waals surface area contributed by atoms with Crippen molar-refractivity contribution < 1.29 is 19.1 Å². The number of ether oxygens (including phenoxy) is 1. The van der Waals surface area contributed by atoms with Crippen molar-refractivity contribution in [2.45, 2.75) is 33.3 Å². The van der Waals surface area contributed by atoms with Crippen LogP contribution in [-0.2, 0) is 4.74 Å². The molecule has 2 amide bonds. The predicted molar refractivity (Wildman–Crippen MR) is 91.1 cm³/mol. The van der Waals surface area contributed by atoms with Crippen molar-refractivity contribution in [2.75, 3.05) is 0 Å². The fourth-order valence-corrected chi connectivity index (χ4v) is 2.22. The summed E-state index contributed by atoms with van der Waals surface area (Å²) in [7, 11) is 0. The maximum Gasteiger partial charge on any atom is 0.435 e. The molecular formula is C17H20N4O4. The van der Waals surface area contributed by atoms with Gasteiger partial charge in [0.1, 0.15) is 5.60 Å². The van der Waals surface area contributed by atoms with Gasteiger partial charge in [-0.25, -0.2) is 4.79 Å². The standard InChI is InChI=1S/C17H20N4O4/c1-9-7-13(20-21(9)16(24)25-17(2,3)4)12-8-10(14(18)22)5-6-11(12)15(19)23/h5-8H,1-4H3,(H2,18,22)(H2,19,23). The third kappa shape index (κ3) is 4.03. The zero-order valence-electron chi connectivity index (χ0n) is 14.5. The van der Waals surface area contributed by atoms with E-state index in [9.17, 15) is 14.4 Å². The minimum absolute atomic E-state index is 0.166. The van der Waals surface area contributed by atoms with Gasteiger partial charge in [0.05, 0.1) is 5.69 Å². The number of carbonyl (C=O) groups excluding carboxylic acids is 3. The normalized spacial score (nSPS) is 11.2. The lowest BCUT2D eigenvalue weighted by Crippen LogP contribution is -2.28. The van der Waals surface area contributed by atoms with Gasteiger partial charge in [-0.3, -0.25) is 9.59 Å². The fourth-order valence-electron chi connectivity index (χ4n) is 2.22. The van der Waals surface area contributed by atoms with Crippen molar-refractivity contribution in [3.8, 4) is 11.3 Å². The molecule has 0 bridgehead atoms. The van der Waals surface area contributed by atoms with E-state index in [0.717, 1.165) is 4.68 Å². The summed E-state index contributed by atoms with van der Waals surface area (Å²) in [4.78, 5) is 35.3. The van der Waals surface area contributed by atoms with Gasteiger partial charge in [0, 0.05) is 22.4 Å². The smallest absolute Gasteiger partial charge is 0.435 e. The Balaban J connectivity index is 2.54. The molecule has 0 saturated heterocycles. The summed E-state index contributed by atoms with van der Waals surface area (Å²) in [6.45, 7) is 6.90. The molecule has 2 rings (SSSR count). The summed E-state index contributed by atoms with van der Waals surface area (Å²) in [6.07, 6.45) is -0.650. The molecule has 4 N–H and O–H groups in total. The van der Waals surface area contributed by atoms with E-state index < -0.39 is 23.5 Å². The van der Waals surface area contributed by atoms with Crippen LogP contribution in [0.25, 0.3) is 11.3 Å². The Morgan fingerprint density at radius 1 is 1.08 bits per heavy atom. The SMILES string of the molecule is Cc1cc(-c2cc(C(N)=O)ccc2C(N)=O)nn1C(=O)OC(C)(C)C. The predicted octanol–water partition coefficient (Wildman–Crippen LogP) is 1.84. The van der Waals surface area contributed by atoms with Crippen LogP contribution >= 0.6 is 0 Å². The summed E-state index contributed by atoms with van der Waals surface area (Å²) in [6, 6.07) is 5.82. The fraction of sp³-hybridized carbons (Fsp3) is 0.294. The van der Waals surface area contributed by atoms with E-state index in [1.165, 1.54) is 18.2 Å². The average molecular weight is 344 g/mol. The first-order valence-corrected chi connectivity index (χ1v) is 7.53. The zero-order valence-corrected chi connectivity index (χ0v) is 14.5. The number of aryl methyl sites for hydroxylation is 1. The van der Waals surface area contributed by atoms with Crippen LogP contribution in [-0.4, -0.2) is 33.3 Å². The molecule has 0 fully saturated rings. The molecule has 2 aromatic rings. The van der Waals surface area contributed by atoms with Crippen molar-refractivity contribution in [2.24, 2.45) is 11.5 Å². The number of carbonyl (C=O) groups is 3. The number of rotatable bonds is 3. The second-order valence-corrected chi connectivity index (χ2v) is 6.55. The Labute approximate surface area is 144 Å². The highest BCUT2D eigenvalue weighted by molar-refractivity contribution is 6.02. The van der Waals surface area contributed by atoms with Gasteiger partial charge in [-0.2, -0.15) is 9.78 Å². The van der Waals surface area contributed by atoms with Crippen molar-refractivity contribution in [1.82, 2.24) is 9.78 Å². The topological polar surface area (TPSA) is 130 Å². The number of hydrogen-bond acceptors (Lipinski definition) is 5. The number of nitrogens with zero attached hydrogens (tertiary/aromatic N) is 2. The zero-order chi connectivity index (χ0) is 18.9. The van der Waals surface area contributed by atoms with Gasteiger partial charge in [-0.15, -0.1) is 0 Å². The Hall–Kier alpha value is -3.16. The minimum atomic E-state index is -0.685. The molecule has 25 heavy (non-hydrogen) atoms. The molecule has 0 spiro atoms. The molecule has 1 heterocycles. The first-order chi connectivity index (χ1) is 11.5. The maximum atomic E-state index is 12.2. The van der Waals surface area contributed by atoms with Crippen LogP contribution in [0.3, 0.4) is 0 Å². The molecule has 0 unspecified atom stereocenters. The van der Waals surface area contributed by atoms with Crippen LogP contribution in [0.2, 0.25) is 0 Å². The number of amides is 2. The molecule has 0 aliphatic carbocycles. The first kappa shape index (κ1) is 18.2. The van der Waals surface area contributed by atoms with Crippen molar-refractivity contribution in [3.63, 3.8) is 0 Å². The van der Waals surface area contributed by atoms with E-state index in [4.69, 9.17) is 16.2 Å². The summed E-state index contributed by atoms with van der Waals surface area (Å²) in [5.74, 6) is -1.34. The number of aromatic nitrogens is 2. The van der Waals surface area contributed by atoms with Crippen LogP contribution < -0.4 is 11.5 Å². The van der Waals surface area contributed by atoms with Gasteiger partial charge in [0.15, 0.2) is 0 Å². The highest BCUT2D eigenvalue weighted by atomic mass is 16.6. The van der Waals surface area contributed by atoms with Crippen LogP contribution in [0.5, 0.6) is 0 Å². The van der Waals surface area contributed by atoms with Crippen molar-refractivity contribution in [1.29, 1.82) is 0 Å². The molecule has 8 heteroatoms. The largest absolute Gasteiger partial charge is 0.442 e. The summed E-state index contributed by atoms with van der Waals surface area (Å²) >= 11 is 0. The van der Waals surface area contributed by atoms with E-state index in [1.807, 2.05) is 0 Å². The number of nitrogens with two attached hydrogens (primary N) is 2. The van der Waals surface area contributed by atoms with Crippen LogP contribution in [0.1, 0.15) is 47.2 Å². The monoisotopic (exact) mass is 344 g/mol. The lowest BCUT2D eigenvalue weighted by atomic mass is 10.0. The Morgan fingerprint density at radius 3 is 2.24 bits per heavy atom. The maximum absolute atomic E-state index is 12.2. The highest BCUT2D eigenvalue weighted by Gasteiger charge is 2.22. The summed E-state index contributed by atoms with van der Waals surface area (Å²) < 4.78 is 6.37. The van der Waals surface area contributed by atoms with E-state index in [0.29, 0.717) is 17.0 Å². The van der Waals surface area contributed by atoms with Gasteiger partial charge >= 0.3 is 6.09 Å². The molecule has 0 atom stereocenters. The van der Waals surface area contributed by atoms with E-state index in [-0.39, 0.29) is 11.1 Å².